The first kappa shape index (κ1) is 14.0. The molecule has 0 unspecified atom stereocenters. The average Bonchev–Trinajstić information content (AvgIpc) is 2.96. The number of hydrogen-bond donors (Lipinski definition) is 1. The van der Waals surface area contributed by atoms with Crippen LogP contribution in [-0.4, -0.2) is 34.0 Å². The van der Waals surface area contributed by atoms with Gasteiger partial charge in [-0.15, -0.1) is 0 Å². The number of aryl methyl sites for hydroxylation is 1. The Kier molecular flexibility index (Phi) is 4.52. The van der Waals surface area contributed by atoms with E-state index in [0.717, 1.165) is 27.8 Å². The summed E-state index contributed by atoms with van der Waals surface area (Å²) in [6.07, 6.45) is 3.82. The molecule has 0 fully saturated rings. The zero-order chi connectivity index (χ0) is 13.8. The maximum absolute atomic E-state index is 9.32. The van der Waals surface area contributed by atoms with Crippen LogP contribution in [0.1, 0.15) is 16.1 Å². The van der Waals surface area contributed by atoms with E-state index in [0.29, 0.717) is 6.61 Å². The van der Waals surface area contributed by atoms with Crippen molar-refractivity contribution in [2.24, 2.45) is 7.05 Å². The molecule has 0 aliphatic rings. The van der Waals surface area contributed by atoms with Crippen LogP contribution in [-0.2, 0) is 31.5 Å². The molecule has 7 heteroatoms. The van der Waals surface area contributed by atoms with Crippen molar-refractivity contribution in [3.63, 3.8) is 0 Å². The monoisotopic (exact) mass is 282 g/mol. The minimum atomic E-state index is -0.00288. The van der Waals surface area contributed by atoms with E-state index in [1.807, 2.05) is 31.4 Å². The number of nitrogens with zero attached hydrogens (tertiary/aromatic N) is 4. The number of aromatic nitrogens is 3. The quantitative estimate of drug-likeness (QED) is 0.861. The van der Waals surface area contributed by atoms with Gasteiger partial charge in [-0.1, -0.05) is 11.3 Å². The summed E-state index contributed by atoms with van der Waals surface area (Å²) in [4.78, 5) is 7.40. The molecule has 0 radical (unpaired) electrons. The second kappa shape index (κ2) is 6.14. The topological polar surface area (TPSA) is 63.4 Å². The lowest BCUT2D eigenvalue weighted by Crippen LogP contribution is -2.15. The first-order valence-corrected chi connectivity index (χ1v) is 6.72. The van der Waals surface area contributed by atoms with Crippen molar-refractivity contribution in [2.45, 2.75) is 19.8 Å². The SMILES string of the molecule is COCc1nc(N(C)Cc2cnn(C)c2)sc1CO. The molecule has 0 spiro atoms. The van der Waals surface area contributed by atoms with Gasteiger partial charge in [-0.2, -0.15) is 5.10 Å². The zero-order valence-corrected chi connectivity index (χ0v) is 12.1. The van der Waals surface area contributed by atoms with Crippen LogP contribution in [0, 0.1) is 0 Å². The molecule has 0 amide bonds. The summed E-state index contributed by atoms with van der Waals surface area (Å²) in [5.41, 5.74) is 1.93. The highest BCUT2D eigenvalue weighted by Crippen LogP contribution is 2.27. The Labute approximate surface area is 116 Å². The fourth-order valence-electron chi connectivity index (χ4n) is 1.80. The van der Waals surface area contributed by atoms with Crippen LogP contribution in [0.3, 0.4) is 0 Å². The smallest absolute Gasteiger partial charge is 0.185 e. The number of rotatable bonds is 6. The van der Waals surface area contributed by atoms with Gasteiger partial charge in [0.05, 0.1) is 30.0 Å². The summed E-state index contributed by atoms with van der Waals surface area (Å²) in [6.45, 7) is 1.16. The molecule has 6 nitrogen and oxygen atoms in total. The van der Waals surface area contributed by atoms with E-state index in [2.05, 4.69) is 10.1 Å². The van der Waals surface area contributed by atoms with Gasteiger partial charge in [0, 0.05) is 39.5 Å². The predicted molar refractivity (Wildman–Crippen MR) is 74.1 cm³/mol. The van der Waals surface area contributed by atoms with Gasteiger partial charge in [-0.25, -0.2) is 4.98 Å². The first-order valence-electron chi connectivity index (χ1n) is 5.91. The highest BCUT2D eigenvalue weighted by atomic mass is 32.1. The number of thiazole rings is 1. The second-order valence-electron chi connectivity index (χ2n) is 4.34. The first-order chi connectivity index (χ1) is 9.13. The fraction of sp³-hybridized carbons (Fsp3) is 0.500. The number of ether oxygens (including phenoxy) is 1. The summed E-state index contributed by atoms with van der Waals surface area (Å²) in [6, 6.07) is 0. The van der Waals surface area contributed by atoms with E-state index in [9.17, 15) is 5.11 Å². The van der Waals surface area contributed by atoms with Crippen LogP contribution in [0.2, 0.25) is 0 Å². The molecular weight excluding hydrogens is 264 g/mol. The summed E-state index contributed by atoms with van der Waals surface area (Å²) in [7, 11) is 5.50. The molecule has 19 heavy (non-hydrogen) atoms. The number of aliphatic hydroxyl groups is 1. The highest BCUT2D eigenvalue weighted by Gasteiger charge is 2.14. The summed E-state index contributed by atoms with van der Waals surface area (Å²) in [5, 5.41) is 14.3. The lowest BCUT2D eigenvalue weighted by molar-refractivity contribution is 0.179. The predicted octanol–water partition coefficient (Wildman–Crippen LogP) is 1.15. The van der Waals surface area contributed by atoms with E-state index >= 15 is 0 Å². The number of aliphatic hydroxyl groups excluding tert-OH is 1. The third-order valence-electron chi connectivity index (χ3n) is 2.70. The highest BCUT2D eigenvalue weighted by molar-refractivity contribution is 7.15. The van der Waals surface area contributed by atoms with Crippen molar-refractivity contribution in [1.82, 2.24) is 14.8 Å². The van der Waals surface area contributed by atoms with Crippen molar-refractivity contribution < 1.29 is 9.84 Å². The molecule has 0 aromatic carbocycles. The Hall–Kier alpha value is -1.44. The van der Waals surface area contributed by atoms with Gasteiger partial charge in [0.1, 0.15) is 0 Å². The Morgan fingerprint density at radius 3 is 2.89 bits per heavy atom. The molecular formula is C12H18N4O2S. The van der Waals surface area contributed by atoms with Gasteiger partial charge in [-0.3, -0.25) is 4.68 Å². The van der Waals surface area contributed by atoms with Crippen LogP contribution in [0.4, 0.5) is 5.13 Å². The third kappa shape index (κ3) is 3.31. The molecule has 0 aliphatic carbocycles. The molecule has 0 aliphatic heterocycles. The van der Waals surface area contributed by atoms with Crippen molar-refractivity contribution in [3.8, 4) is 0 Å². The molecule has 0 atom stereocenters. The number of methoxy groups -OCH3 is 1. The van der Waals surface area contributed by atoms with Gasteiger partial charge >= 0.3 is 0 Å². The third-order valence-corrected chi connectivity index (χ3v) is 3.89. The Morgan fingerprint density at radius 1 is 1.53 bits per heavy atom. The molecule has 2 rings (SSSR count). The van der Waals surface area contributed by atoms with Crippen molar-refractivity contribution in [3.05, 3.63) is 28.5 Å². The van der Waals surface area contributed by atoms with Gasteiger partial charge in [0.2, 0.25) is 0 Å². The lowest BCUT2D eigenvalue weighted by Gasteiger charge is -2.14. The molecule has 2 heterocycles. The average molecular weight is 282 g/mol. The van der Waals surface area contributed by atoms with E-state index < -0.39 is 0 Å². The molecule has 104 valence electrons. The van der Waals surface area contributed by atoms with Crippen LogP contribution in [0.15, 0.2) is 12.4 Å². The van der Waals surface area contributed by atoms with Crippen molar-refractivity contribution in [2.75, 3.05) is 19.1 Å². The summed E-state index contributed by atoms with van der Waals surface area (Å²) in [5.74, 6) is 0. The van der Waals surface area contributed by atoms with Crippen LogP contribution >= 0.6 is 11.3 Å². The van der Waals surface area contributed by atoms with Crippen LogP contribution in [0.5, 0.6) is 0 Å². The summed E-state index contributed by atoms with van der Waals surface area (Å²) >= 11 is 1.49. The Bertz CT molecular complexity index is 538. The minimum Gasteiger partial charge on any atom is -0.391 e. The minimum absolute atomic E-state index is 0.00288. The number of anilines is 1. The van der Waals surface area contributed by atoms with E-state index in [-0.39, 0.29) is 6.61 Å². The van der Waals surface area contributed by atoms with Gasteiger partial charge < -0.3 is 14.7 Å². The maximum Gasteiger partial charge on any atom is 0.185 e. The zero-order valence-electron chi connectivity index (χ0n) is 11.3. The summed E-state index contributed by atoms with van der Waals surface area (Å²) < 4.78 is 6.86. The van der Waals surface area contributed by atoms with Crippen LogP contribution < -0.4 is 4.90 Å². The molecule has 2 aromatic rings. The number of hydrogen-bond acceptors (Lipinski definition) is 6. The standard InChI is InChI=1S/C12H18N4O2S/c1-15(5-9-4-13-16(2)6-9)12-14-10(8-18-3)11(7-17)19-12/h4,6,17H,5,7-8H2,1-3H3. The normalized spacial score (nSPS) is 10.9. The maximum atomic E-state index is 9.32. The lowest BCUT2D eigenvalue weighted by atomic mass is 10.3. The fourth-order valence-corrected chi connectivity index (χ4v) is 2.68. The van der Waals surface area contributed by atoms with Crippen LogP contribution in [0.25, 0.3) is 0 Å². The van der Waals surface area contributed by atoms with Crippen molar-refractivity contribution in [1.29, 1.82) is 0 Å². The molecule has 0 bridgehead atoms. The van der Waals surface area contributed by atoms with Gasteiger partial charge in [-0.05, 0) is 0 Å². The van der Waals surface area contributed by atoms with Gasteiger partial charge in [0.25, 0.3) is 0 Å². The van der Waals surface area contributed by atoms with E-state index in [1.165, 1.54) is 11.3 Å². The van der Waals surface area contributed by atoms with Gasteiger partial charge in [0.15, 0.2) is 5.13 Å². The molecule has 1 N–H and O–H groups in total. The second-order valence-corrected chi connectivity index (χ2v) is 5.40. The van der Waals surface area contributed by atoms with Crippen molar-refractivity contribution >= 4 is 16.5 Å². The van der Waals surface area contributed by atoms with E-state index in [1.54, 1.807) is 11.8 Å². The Balaban J connectivity index is 2.12. The molecule has 0 saturated carbocycles. The largest absolute Gasteiger partial charge is 0.391 e. The Morgan fingerprint density at radius 2 is 2.32 bits per heavy atom. The molecule has 2 aromatic heterocycles. The van der Waals surface area contributed by atoms with E-state index in [4.69, 9.17) is 4.74 Å². The molecule has 0 saturated heterocycles.